The van der Waals surface area contributed by atoms with Crippen molar-refractivity contribution in [1.29, 1.82) is 0 Å². The number of carbonyl (C=O) groups is 2. The number of rotatable bonds is 5. The summed E-state index contributed by atoms with van der Waals surface area (Å²) >= 11 is 3.30. The zero-order valence-electron chi connectivity index (χ0n) is 15.4. The topological polar surface area (TPSA) is 89.8 Å². The van der Waals surface area contributed by atoms with E-state index in [-0.39, 0.29) is 24.6 Å². The third-order valence-electron chi connectivity index (χ3n) is 3.93. The van der Waals surface area contributed by atoms with E-state index in [4.69, 9.17) is 4.74 Å². The summed E-state index contributed by atoms with van der Waals surface area (Å²) in [6.07, 6.45) is 1.61. The largest absolute Gasteiger partial charge is 0.458 e. The first kappa shape index (κ1) is 19.8. The predicted molar refractivity (Wildman–Crippen MR) is 107 cm³/mol. The predicted octanol–water partition coefficient (Wildman–Crippen LogP) is 2.55. The van der Waals surface area contributed by atoms with E-state index in [0.717, 1.165) is 15.6 Å². The Morgan fingerprint density at radius 2 is 1.86 bits per heavy atom. The van der Waals surface area contributed by atoms with E-state index >= 15 is 0 Å². The van der Waals surface area contributed by atoms with Crippen LogP contribution in [0.1, 0.15) is 27.2 Å². The molecule has 1 aromatic carbocycles. The molecule has 7 nitrogen and oxygen atoms in total. The van der Waals surface area contributed by atoms with Crippen molar-refractivity contribution in [1.82, 2.24) is 14.7 Å². The molecular weight excluding hydrogens is 426 g/mol. The number of aromatic nitrogens is 2. The van der Waals surface area contributed by atoms with Gasteiger partial charge in [0.2, 0.25) is 0 Å². The zero-order chi connectivity index (χ0) is 20.3. The number of esters is 1. The number of hydrogen-bond acceptors (Lipinski definition) is 5. The Balaban J connectivity index is 1.58. The number of benzene rings is 1. The molecule has 144 valence electrons. The molecule has 0 aliphatic rings. The summed E-state index contributed by atoms with van der Waals surface area (Å²) in [5.74, 6) is -0.966. The van der Waals surface area contributed by atoms with Crippen molar-refractivity contribution in [2.45, 2.75) is 20.5 Å². The van der Waals surface area contributed by atoms with E-state index in [1.807, 2.05) is 19.9 Å². The van der Waals surface area contributed by atoms with Crippen molar-refractivity contribution < 1.29 is 14.3 Å². The summed E-state index contributed by atoms with van der Waals surface area (Å²) in [6.45, 7) is 3.37. The lowest BCUT2D eigenvalue weighted by molar-refractivity contribution is -0.143. The minimum absolute atomic E-state index is 0.153. The average molecular weight is 444 g/mol. The first-order valence-corrected chi connectivity index (χ1v) is 9.31. The quantitative estimate of drug-likeness (QED) is 0.611. The molecule has 0 unspecified atom stereocenters. The lowest BCUT2D eigenvalue weighted by Crippen LogP contribution is -2.30. The van der Waals surface area contributed by atoms with E-state index < -0.39 is 5.97 Å². The van der Waals surface area contributed by atoms with Crippen LogP contribution in [0.5, 0.6) is 0 Å². The van der Waals surface area contributed by atoms with Crippen LogP contribution in [-0.2, 0) is 16.1 Å². The van der Waals surface area contributed by atoms with Crippen LogP contribution in [0.3, 0.4) is 0 Å². The number of nitrogens with one attached hydrogen (secondary N) is 1. The molecule has 2 aromatic heterocycles. The van der Waals surface area contributed by atoms with Gasteiger partial charge in [-0.25, -0.2) is 4.98 Å². The first-order valence-electron chi connectivity index (χ1n) is 8.52. The Kier molecular flexibility index (Phi) is 5.89. The summed E-state index contributed by atoms with van der Waals surface area (Å²) in [7, 11) is 0. The standard InChI is InChI=1S/C20H18BrN3O4/c1-12-5-13(2)7-14(6-12)20(27)22-9-19(26)28-11-16-8-18(25)24-10-15(21)3-4-17(24)23-16/h3-8,10H,9,11H2,1-2H3,(H,22,27). The van der Waals surface area contributed by atoms with Gasteiger partial charge in [-0.15, -0.1) is 0 Å². The molecule has 3 rings (SSSR count). The highest BCUT2D eigenvalue weighted by Crippen LogP contribution is 2.10. The van der Waals surface area contributed by atoms with Gasteiger partial charge in [0.05, 0.1) is 5.69 Å². The normalized spacial score (nSPS) is 10.7. The van der Waals surface area contributed by atoms with Gasteiger partial charge >= 0.3 is 5.97 Å². The van der Waals surface area contributed by atoms with Crippen molar-refractivity contribution in [3.8, 4) is 0 Å². The third-order valence-corrected chi connectivity index (χ3v) is 4.40. The molecule has 0 radical (unpaired) electrons. The second kappa shape index (κ2) is 8.35. The van der Waals surface area contributed by atoms with Gasteiger partial charge in [0.15, 0.2) is 0 Å². The molecule has 28 heavy (non-hydrogen) atoms. The number of pyridine rings is 1. The highest BCUT2D eigenvalue weighted by Gasteiger charge is 2.11. The van der Waals surface area contributed by atoms with Crippen LogP contribution in [-0.4, -0.2) is 27.8 Å². The minimum Gasteiger partial charge on any atom is -0.458 e. The Bertz CT molecular complexity index is 1100. The highest BCUT2D eigenvalue weighted by molar-refractivity contribution is 9.10. The first-order chi connectivity index (χ1) is 13.3. The second-order valence-corrected chi connectivity index (χ2v) is 7.30. The van der Waals surface area contributed by atoms with Crippen molar-refractivity contribution >= 4 is 33.5 Å². The zero-order valence-corrected chi connectivity index (χ0v) is 16.9. The van der Waals surface area contributed by atoms with Crippen LogP contribution < -0.4 is 10.9 Å². The second-order valence-electron chi connectivity index (χ2n) is 6.38. The molecule has 8 heteroatoms. The monoisotopic (exact) mass is 443 g/mol. The fourth-order valence-electron chi connectivity index (χ4n) is 2.77. The van der Waals surface area contributed by atoms with Crippen molar-refractivity contribution in [2.24, 2.45) is 0 Å². The highest BCUT2D eigenvalue weighted by atomic mass is 79.9. The van der Waals surface area contributed by atoms with Crippen LogP contribution in [0, 0.1) is 13.8 Å². The van der Waals surface area contributed by atoms with E-state index in [0.29, 0.717) is 16.9 Å². The Hall–Kier alpha value is -3.00. The maximum absolute atomic E-state index is 12.2. The van der Waals surface area contributed by atoms with E-state index in [2.05, 4.69) is 26.2 Å². The van der Waals surface area contributed by atoms with Gasteiger partial charge in [-0.3, -0.25) is 18.8 Å². The summed E-state index contributed by atoms with van der Waals surface area (Å²) in [4.78, 5) is 40.5. The molecule has 3 aromatic rings. The summed E-state index contributed by atoms with van der Waals surface area (Å²) < 4.78 is 7.26. The van der Waals surface area contributed by atoms with Crippen LogP contribution in [0.15, 0.2) is 51.9 Å². The molecule has 0 atom stereocenters. The van der Waals surface area contributed by atoms with Gasteiger partial charge in [-0.2, -0.15) is 0 Å². The number of carbonyl (C=O) groups excluding carboxylic acids is 2. The number of nitrogens with zero attached hydrogens (tertiary/aromatic N) is 2. The van der Waals surface area contributed by atoms with Gasteiger partial charge < -0.3 is 10.1 Å². The van der Waals surface area contributed by atoms with Crippen molar-refractivity contribution in [2.75, 3.05) is 6.54 Å². The number of hydrogen-bond donors (Lipinski definition) is 1. The maximum Gasteiger partial charge on any atom is 0.325 e. The van der Waals surface area contributed by atoms with E-state index in [9.17, 15) is 14.4 Å². The van der Waals surface area contributed by atoms with Crippen LogP contribution >= 0.6 is 15.9 Å². The molecular formula is C20H18BrN3O4. The van der Waals surface area contributed by atoms with Gasteiger partial charge in [-0.1, -0.05) is 17.2 Å². The fraction of sp³-hybridized carbons (Fsp3) is 0.200. The van der Waals surface area contributed by atoms with Gasteiger partial charge in [-0.05, 0) is 54.0 Å². The number of aryl methyl sites for hydroxylation is 2. The Labute approximate surface area is 169 Å². The van der Waals surface area contributed by atoms with Gasteiger partial charge in [0.1, 0.15) is 18.8 Å². The number of halogens is 1. The fourth-order valence-corrected chi connectivity index (χ4v) is 3.10. The molecule has 0 aliphatic heterocycles. The molecule has 0 aliphatic carbocycles. The third kappa shape index (κ3) is 4.83. The lowest BCUT2D eigenvalue weighted by Gasteiger charge is -2.08. The molecule has 1 amide bonds. The average Bonchev–Trinajstić information content (AvgIpc) is 2.64. The molecule has 0 fully saturated rings. The maximum atomic E-state index is 12.2. The van der Waals surface area contributed by atoms with Crippen molar-refractivity contribution in [3.05, 3.63) is 79.8 Å². The lowest BCUT2D eigenvalue weighted by atomic mass is 10.1. The smallest absolute Gasteiger partial charge is 0.325 e. The molecule has 1 N–H and O–H groups in total. The summed E-state index contributed by atoms with van der Waals surface area (Å²) in [5.41, 5.74) is 2.93. The van der Waals surface area contributed by atoms with Crippen LogP contribution in [0.25, 0.3) is 5.65 Å². The van der Waals surface area contributed by atoms with E-state index in [1.165, 1.54) is 10.5 Å². The Morgan fingerprint density at radius 1 is 1.14 bits per heavy atom. The Morgan fingerprint density at radius 3 is 2.57 bits per heavy atom. The summed E-state index contributed by atoms with van der Waals surface area (Å²) in [6, 6.07) is 10.2. The SMILES string of the molecule is Cc1cc(C)cc(C(=O)NCC(=O)OCc2cc(=O)n3cc(Br)ccc3n2)c1. The number of amides is 1. The minimum atomic E-state index is -0.615. The van der Waals surface area contributed by atoms with Crippen molar-refractivity contribution in [3.63, 3.8) is 0 Å². The van der Waals surface area contributed by atoms with Gasteiger partial charge in [0.25, 0.3) is 11.5 Å². The van der Waals surface area contributed by atoms with E-state index in [1.54, 1.807) is 30.5 Å². The number of ether oxygens (including phenoxy) is 1. The molecule has 0 bridgehead atoms. The molecule has 2 heterocycles. The summed E-state index contributed by atoms with van der Waals surface area (Å²) in [5, 5.41) is 2.53. The molecule has 0 saturated heterocycles. The van der Waals surface area contributed by atoms with Gasteiger partial charge in [0, 0.05) is 22.3 Å². The van der Waals surface area contributed by atoms with Crippen LogP contribution in [0.2, 0.25) is 0 Å². The molecule has 0 spiro atoms. The number of fused-ring (bicyclic) bond motifs is 1. The molecule has 0 saturated carbocycles. The van der Waals surface area contributed by atoms with Crippen LogP contribution in [0.4, 0.5) is 0 Å².